The Bertz CT molecular complexity index is 317. The molecule has 0 aliphatic heterocycles. The van der Waals surface area contributed by atoms with Gasteiger partial charge in [-0.05, 0) is 26.0 Å². The van der Waals surface area contributed by atoms with Crippen molar-refractivity contribution >= 4 is 11.8 Å². The third-order valence-corrected chi connectivity index (χ3v) is 1.61. The van der Waals surface area contributed by atoms with Crippen molar-refractivity contribution in [3.8, 4) is 0 Å². The van der Waals surface area contributed by atoms with Crippen LogP contribution in [0, 0.1) is 0 Å². The number of hydrogen-bond acceptors (Lipinski definition) is 3. The SMILES string of the molecule is CC(=O)C(C)O.O=C(O)c1ccccc1. The number of hydrogen-bond donors (Lipinski definition) is 2. The molecular formula is C11H14O4. The number of Topliss-reactive ketones (excluding diaryl/α,β-unsaturated/α-hetero) is 1. The molecule has 4 heteroatoms. The lowest BCUT2D eigenvalue weighted by molar-refractivity contribution is -0.124. The van der Waals surface area contributed by atoms with Crippen LogP contribution in [0.1, 0.15) is 24.2 Å². The summed E-state index contributed by atoms with van der Waals surface area (Å²) >= 11 is 0. The lowest BCUT2D eigenvalue weighted by atomic mass is 10.2. The highest BCUT2D eigenvalue weighted by molar-refractivity contribution is 5.87. The van der Waals surface area contributed by atoms with Crippen molar-refractivity contribution in [2.75, 3.05) is 0 Å². The largest absolute Gasteiger partial charge is 0.478 e. The average molecular weight is 210 g/mol. The van der Waals surface area contributed by atoms with Crippen molar-refractivity contribution in [3.63, 3.8) is 0 Å². The van der Waals surface area contributed by atoms with Gasteiger partial charge in [-0.25, -0.2) is 4.79 Å². The summed E-state index contributed by atoms with van der Waals surface area (Å²) < 4.78 is 0. The highest BCUT2D eigenvalue weighted by Crippen LogP contribution is 1.96. The molecule has 1 aromatic rings. The van der Waals surface area contributed by atoms with Crippen LogP contribution in [0.4, 0.5) is 0 Å². The zero-order valence-electron chi connectivity index (χ0n) is 8.68. The molecule has 2 N–H and O–H groups in total. The van der Waals surface area contributed by atoms with E-state index < -0.39 is 12.1 Å². The van der Waals surface area contributed by atoms with Crippen LogP contribution in [0.5, 0.6) is 0 Å². The number of rotatable bonds is 2. The molecule has 0 aliphatic rings. The van der Waals surface area contributed by atoms with Gasteiger partial charge >= 0.3 is 5.97 Å². The predicted molar refractivity (Wildman–Crippen MR) is 55.8 cm³/mol. The van der Waals surface area contributed by atoms with E-state index in [1.165, 1.54) is 13.8 Å². The molecule has 0 spiro atoms. The molecule has 1 rings (SSSR count). The first-order chi connectivity index (χ1) is 6.95. The summed E-state index contributed by atoms with van der Waals surface area (Å²) in [7, 11) is 0. The number of carbonyl (C=O) groups excluding carboxylic acids is 1. The highest BCUT2D eigenvalue weighted by Gasteiger charge is 1.97. The first-order valence-corrected chi connectivity index (χ1v) is 4.42. The van der Waals surface area contributed by atoms with E-state index in [4.69, 9.17) is 10.2 Å². The standard InChI is InChI=1S/C7H6O2.C4H8O2/c8-7(9)6-4-2-1-3-5-6;1-3(5)4(2)6/h1-5H,(H,8,9);3,5H,1-2H3. The van der Waals surface area contributed by atoms with Gasteiger partial charge in [-0.2, -0.15) is 0 Å². The van der Waals surface area contributed by atoms with Crippen LogP contribution in [0.2, 0.25) is 0 Å². The first-order valence-electron chi connectivity index (χ1n) is 4.42. The van der Waals surface area contributed by atoms with Gasteiger partial charge in [0.15, 0.2) is 5.78 Å². The van der Waals surface area contributed by atoms with Crippen molar-refractivity contribution in [2.24, 2.45) is 0 Å². The van der Waals surface area contributed by atoms with Gasteiger partial charge in [0, 0.05) is 0 Å². The maximum Gasteiger partial charge on any atom is 0.335 e. The summed E-state index contributed by atoms with van der Waals surface area (Å²) in [6, 6.07) is 8.30. The zero-order valence-corrected chi connectivity index (χ0v) is 8.68. The molecule has 0 amide bonds. The van der Waals surface area contributed by atoms with Crippen LogP contribution in [0.25, 0.3) is 0 Å². The Labute approximate surface area is 88.2 Å². The molecule has 1 aromatic carbocycles. The van der Waals surface area contributed by atoms with Crippen LogP contribution in [-0.4, -0.2) is 28.1 Å². The molecule has 0 heterocycles. The van der Waals surface area contributed by atoms with E-state index in [-0.39, 0.29) is 5.78 Å². The minimum absolute atomic E-state index is 0.185. The fourth-order valence-corrected chi connectivity index (χ4v) is 0.581. The van der Waals surface area contributed by atoms with E-state index in [9.17, 15) is 9.59 Å². The van der Waals surface area contributed by atoms with Gasteiger partial charge in [-0.3, -0.25) is 4.79 Å². The minimum atomic E-state index is -0.879. The van der Waals surface area contributed by atoms with E-state index in [2.05, 4.69) is 0 Å². The lowest BCUT2D eigenvalue weighted by Gasteiger charge is -1.90. The second kappa shape index (κ2) is 6.73. The van der Waals surface area contributed by atoms with Gasteiger partial charge in [0.1, 0.15) is 6.10 Å². The van der Waals surface area contributed by atoms with Gasteiger partial charge in [0.05, 0.1) is 5.56 Å². The summed E-state index contributed by atoms with van der Waals surface area (Å²) in [5.41, 5.74) is 0.331. The molecule has 0 bridgehead atoms. The molecule has 1 atom stereocenters. The van der Waals surface area contributed by atoms with Crippen LogP contribution >= 0.6 is 0 Å². The van der Waals surface area contributed by atoms with Crippen LogP contribution in [-0.2, 0) is 4.79 Å². The van der Waals surface area contributed by atoms with Crippen molar-refractivity contribution in [1.82, 2.24) is 0 Å². The number of benzene rings is 1. The van der Waals surface area contributed by atoms with Crippen LogP contribution < -0.4 is 0 Å². The monoisotopic (exact) mass is 210 g/mol. The second-order valence-corrected chi connectivity index (χ2v) is 2.96. The predicted octanol–water partition coefficient (Wildman–Crippen LogP) is 1.34. The van der Waals surface area contributed by atoms with Gasteiger partial charge in [-0.1, -0.05) is 18.2 Å². The molecule has 4 nitrogen and oxygen atoms in total. The van der Waals surface area contributed by atoms with E-state index in [0.29, 0.717) is 5.56 Å². The van der Waals surface area contributed by atoms with Gasteiger partial charge in [-0.15, -0.1) is 0 Å². The number of carboxylic acid groups (broad SMARTS) is 1. The zero-order chi connectivity index (χ0) is 11.8. The Balaban J connectivity index is 0.000000288. The summed E-state index contributed by atoms with van der Waals surface area (Å²) in [4.78, 5) is 20.1. The molecule has 15 heavy (non-hydrogen) atoms. The van der Waals surface area contributed by atoms with E-state index >= 15 is 0 Å². The number of carbonyl (C=O) groups is 2. The van der Waals surface area contributed by atoms with Crippen LogP contribution in [0.3, 0.4) is 0 Å². The molecule has 0 aromatic heterocycles. The normalized spacial score (nSPS) is 10.9. The average Bonchev–Trinajstić information content (AvgIpc) is 2.20. The van der Waals surface area contributed by atoms with Crippen molar-refractivity contribution in [2.45, 2.75) is 20.0 Å². The van der Waals surface area contributed by atoms with Gasteiger partial charge < -0.3 is 10.2 Å². The number of aromatic carboxylic acids is 1. The molecule has 82 valence electrons. The maximum atomic E-state index is 10.2. The minimum Gasteiger partial charge on any atom is -0.478 e. The Hall–Kier alpha value is -1.68. The molecular weight excluding hydrogens is 196 g/mol. The lowest BCUT2D eigenvalue weighted by Crippen LogP contribution is -2.10. The Kier molecular flexibility index (Phi) is 5.97. The van der Waals surface area contributed by atoms with Crippen LogP contribution in [0.15, 0.2) is 30.3 Å². The topological polar surface area (TPSA) is 74.6 Å². The van der Waals surface area contributed by atoms with Crippen molar-refractivity contribution < 1.29 is 19.8 Å². The van der Waals surface area contributed by atoms with Gasteiger partial charge in [0.25, 0.3) is 0 Å². The Morgan fingerprint density at radius 2 is 1.60 bits per heavy atom. The summed E-state index contributed by atoms with van der Waals surface area (Å²) in [6.07, 6.45) is -0.787. The van der Waals surface area contributed by atoms with Gasteiger partial charge in [0.2, 0.25) is 0 Å². The molecule has 0 aliphatic carbocycles. The first kappa shape index (κ1) is 13.3. The van der Waals surface area contributed by atoms with E-state index in [1.54, 1.807) is 30.3 Å². The van der Waals surface area contributed by atoms with E-state index in [0.717, 1.165) is 0 Å². The smallest absolute Gasteiger partial charge is 0.335 e. The summed E-state index contributed by atoms with van der Waals surface area (Å²) in [6.45, 7) is 2.80. The fraction of sp³-hybridized carbons (Fsp3) is 0.273. The number of aliphatic hydroxyl groups excluding tert-OH is 1. The van der Waals surface area contributed by atoms with E-state index in [1.807, 2.05) is 0 Å². The van der Waals surface area contributed by atoms with Crippen molar-refractivity contribution in [3.05, 3.63) is 35.9 Å². The highest BCUT2D eigenvalue weighted by atomic mass is 16.4. The quantitative estimate of drug-likeness (QED) is 0.772. The maximum absolute atomic E-state index is 10.2. The third kappa shape index (κ3) is 6.40. The number of carboxylic acids is 1. The fourth-order valence-electron chi connectivity index (χ4n) is 0.581. The number of ketones is 1. The second-order valence-electron chi connectivity index (χ2n) is 2.96. The Morgan fingerprint density at radius 3 is 1.80 bits per heavy atom. The number of aliphatic hydroxyl groups is 1. The Morgan fingerprint density at radius 1 is 1.20 bits per heavy atom. The molecule has 0 saturated heterocycles. The molecule has 0 radical (unpaired) electrons. The third-order valence-electron chi connectivity index (χ3n) is 1.61. The summed E-state index contributed by atoms with van der Waals surface area (Å²) in [5.74, 6) is -1.06. The van der Waals surface area contributed by atoms with Crippen molar-refractivity contribution in [1.29, 1.82) is 0 Å². The molecule has 0 fully saturated rings. The molecule has 1 unspecified atom stereocenters. The summed E-state index contributed by atoms with van der Waals surface area (Å²) in [5, 5.41) is 16.7. The molecule has 0 saturated carbocycles.